The first-order valence-electron chi connectivity index (χ1n) is 5.59. The summed E-state index contributed by atoms with van der Waals surface area (Å²) in [6, 6.07) is -1.78. The van der Waals surface area contributed by atoms with E-state index in [1.54, 1.807) is 6.92 Å². The van der Waals surface area contributed by atoms with Gasteiger partial charge >= 0.3 is 6.03 Å². The van der Waals surface area contributed by atoms with E-state index in [1.807, 2.05) is 6.92 Å². The molecule has 0 aliphatic rings. The fraction of sp³-hybridized carbons (Fsp3) is 0.800. The summed E-state index contributed by atoms with van der Waals surface area (Å²) < 4.78 is 24.0. The Bertz CT molecular complexity index is 290. The highest BCUT2D eigenvalue weighted by Gasteiger charge is 2.26. The van der Waals surface area contributed by atoms with Crippen molar-refractivity contribution in [1.29, 1.82) is 0 Å². The molecule has 0 radical (unpaired) electrons. The molecule has 0 bridgehead atoms. The van der Waals surface area contributed by atoms with Crippen LogP contribution in [0.25, 0.3) is 0 Å². The Balaban J connectivity index is 4.42. The van der Waals surface area contributed by atoms with Crippen molar-refractivity contribution in [3.05, 3.63) is 0 Å². The van der Waals surface area contributed by atoms with E-state index in [0.29, 0.717) is 6.42 Å². The first kappa shape index (κ1) is 16.6. The van der Waals surface area contributed by atoms with E-state index < -0.39 is 37.1 Å². The van der Waals surface area contributed by atoms with Gasteiger partial charge in [-0.15, -0.1) is 0 Å². The lowest BCUT2D eigenvalue weighted by atomic mass is 9.98. The van der Waals surface area contributed by atoms with E-state index in [-0.39, 0.29) is 5.92 Å². The molecule has 3 atom stereocenters. The Kier molecular flexibility index (Phi) is 7.18. The predicted molar refractivity (Wildman–Crippen MR) is 61.0 cm³/mol. The lowest BCUT2D eigenvalue weighted by molar-refractivity contribution is -0.125. The van der Waals surface area contributed by atoms with Crippen LogP contribution in [-0.4, -0.2) is 42.2 Å². The average molecular weight is 267 g/mol. The van der Waals surface area contributed by atoms with E-state index in [4.69, 9.17) is 10.8 Å². The van der Waals surface area contributed by atoms with Crippen LogP contribution in [0.15, 0.2) is 0 Å². The Labute approximate surface area is 104 Å². The first-order valence-corrected chi connectivity index (χ1v) is 5.59. The van der Waals surface area contributed by atoms with Crippen LogP contribution in [0, 0.1) is 5.92 Å². The topological polar surface area (TPSA) is 104 Å². The van der Waals surface area contributed by atoms with Gasteiger partial charge in [0.05, 0.1) is 0 Å². The largest absolute Gasteiger partial charge is 0.385 e. The second-order valence-electron chi connectivity index (χ2n) is 4.02. The zero-order valence-electron chi connectivity index (χ0n) is 10.3. The molecule has 0 saturated carbocycles. The Morgan fingerprint density at radius 3 is 2.33 bits per heavy atom. The summed E-state index contributed by atoms with van der Waals surface area (Å²) in [7, 11) is 0. The van der Waals surface area contributed by atoms with Crippen LogP contribution in [-0.2, 0) is 4.79 Å². The zero-order chi connectivity index (χ0) is 14.3. The molecule has 0 saturated heterocycles. The average Bonchev–Trinajstić information content (AvgIpc) is 2.31. The van der Waals surface area contributed by atoms with Gasteiger partial charge in [-0.2, -0.15) is 0 Å². The third-order valence-electron chi connectivity index (χ3n) is 2.57. The minimum atomic E-state index is -2.93. The van der Waals surface area contributed by atoms with Crippen molar-refractivity contribution in [2.24, 2.45) is 11.7 Å². The highest BCUT2D eigenvalue weighted by atomic mass is 19.3. The van der Waals surface area contributed by atoms with Crippen LogP contribution < -0.4 is 16.4 Å². The van der Waals surface area contributed by atoms with Crippen molar-refractivity contribution < 1.29 is 23.5 Å². The normalized spacial score (nSPS) is 15.9. The number of carbonyl (C=O) groups is 2. The summed E-state index contributed by atoms with van der Waals surface area (Å²) in [6.45, 7) is 2.94. The minimum Gasteiger partial charge on any atom is -0.385 e. The highest BCUT2D eigenvalue weighted by molar-refractivity contribution is 5.86. The molecule has 0 aromatic rings. The number of aliphatic hydroxyl groups excluding tert-OH is 1. The number of urea groups is 1. The fourth-order valence-corrected chi connectivity index (χ4v) is 1.26. The molecule has 8 heteroatoms. The van der Waals surface area contributed by atoms with Gasteiger partial charge in [-0.3, -0.25) is 4.79 Å². The maximum atomic E-state index is 12.0. The van der Waals surface area contributed by atoms with E-state index in [0.717, 1.165) is 0 Å². The number of hydrogen-bond donors (Lipinski definition) is 4. The molecule has 0 aliphatic heterocycles. The summed E-state index contributed by atoms with van der Waals surface area (Å²) in [5, 5.41) is 13.2. The lowest BCUT2D eigenvalue weighted by Crippen LogP contribution is -2.53. The SMILES string of the molecule is CCC(C)C(NC(N)=O)C(=O)NCC(O)C(F)F. The molecule has 3 unspecified atom stereocenters. The van der Waals surface area contributed by atoms with Crippen LogP contribution in [0.4, 0.5) is 13.6 Å². The molecule has 0 aromatic heterocycles. The summed E-state index contributed by atoms with van der Waals surface area (Å²) in [6.07, 6.45) is -4.27. The third kappa shape index (κ3) is 5.76. The van der Waals surface area contributed by atoms with Crippen LogP contribution >= 0.6 is 0 Å². The van der Waals surface area contributed by atoms with Gasteiger partial charge in [-0.1, -0.05) is 20.3 Å². The smallest absolute Gasteiger partial charge is 0.312 e. The number of alkyl halides is 2. The monoisotopic (exact) mass is 267 g/mol. The van der Waals surface area contributed by atoms with Gasteiger partial charge in [-0.05, 0) is 5.92 Å². The summed E-state index contributed by atoms with van der Waals surface area (Å²) in [5.41, 5.74) is 4.93. The molecule has 0 fully saturated rings. The molecule has 6 nitrogen and oxygen atoms in total. The van der Waals surface area contributed by atoms with Crippen molar-refractivity contribution in [2.75, 3.05) is 6.54 Å². The van der Waals surface area contributed by atoms with E-state index in [2.05, 4.69) is 10.6 Å². The molecule has 5 N–H and O–H groups in total. The van der Waals surface area contributed by atoms with Gasteiger partial charge in [0.25, 0.3) is 6.43 Å². The predicted octanol–water partition coefficient (Wildman–Crippen LogP) is -0.188. The molecule has 106 valence electrons. The number of rotatable bonds is 7. The van der Waals surface area contributed by atoms with E-state index in [1.165, 1.54) is 0 Å². The summed E-state index contributed by atoms with van der Waals surface area (Å²) >= 11 is 0. The third-order valence-corrected chi connectivity index (χ3v) is 2.57. The second kappa shape index (κ2) is 7.80. The second-order valence-corrected chi connectivity index (χ2v) is 4.02. The van der Waals surface area contributed by atoms with Crippen molar-refractivity contribution in [1.82, 2.24) is 10.6 Å². The molecule has 3 amide bonds. The number of primary amides is 1. The number of halogens is 2. The van der Waals surface area contributed by atoms with Gasteiger partial charge in [0.15, 0.2) is 0 Å². The number of carbonyl (C=O) groups excluding carboxylic acids is 2. The maximum absolute atomic E-state index is 12.0. The Morgan fingerprint density at radius 1 is 1.39 bits per heavy atom. The van der Waals surface area contributed by atoms with Gasteiger partial charge in [0.1, 0.15) is 12.1 Å². The maximum Gasteiger partial charge on any atom is 0.312 e. The highest BCUT2D eigenvalue weighted by Crippen LogP contribution is 2.08. The molecule has 0 aliphatic carbocycles. The van der Waals surface area contributed by atoms with E-state index in [9.17, 15) is 18.4 Å². The molecule has 0 heterocycles. The fourth-order valence-electron chi connectivity index (χ4n) is 1.26. The Hall–Kier alpha value is -1.44. The minimum absolute atomic E-state index is 0.207. The van der Waals surface area contributed by atoms with Crippen LogP contribution in [0.2, 0.25) is 0 Å². The van der Waals surface area contributed by atoms with Crippen LogP contribution in [0.3, 0.4) is 0 Å². The lowest BCUT2D eigenvalue weighted by Gasteiger charge is -2.23. The molecule has 0 rings (SSSR count). The quantitative estimate of drug-likeness (QED) is 0.514. The van der Waals surface area contributed by atoms with Gasteiger partial charge < -0.3 is 21.5 Å². The van der Waals surface area contributed by atoms with Crippen molar-refractivity contribution in [2.45, 2.75) is 38.8 Å². The van der Waals surface area contributed by atoms with Gasteiger partial charge in [0, 0.05) is 6.54 Å². The molecule has 18 heavy (non-hydrogen) atoms. The van der Waals surface area contributed by atoms with Crippen molar-refractivity contribution >= 4 is 11.9 Å². The molecular formula is C10H19F2N3O3. The van der Waals surface area contributed by atoms with Gasteiger partial charge in [0.2, 0.25) is 5.91 Å². The number of amides is 3. The Morgan fingerprint density at radius 2 is 1.94 bits per heavy atom. The molecular weight excluding hydrogens is 248 g/mol. The van der Waals surface area contributed by atoms with Crippen LogP contribution in [0.1, 0.15) is 20.3 Å². The standard InChI is InChI=1S/C10H19F2N3O3/c1-3-5(2)7(15-10(13)18)9(17)14-4-6(16)8(11)12/h5-8,16H,3-4H2,1-2H3,(H,14,17)(H3,13,15,18). The number of hydrogen-bond acceptors (Lipinski definition) is 3. The zero-order valence-corrected chi connectivity index (χ0v) is 10.3. The number of aliphatic hydroxyl groups is 1. The summed E-state index contributed by atoms with van der Waals surface area (Å²) in [5.74, 6) is -0.857. The molecule has 0 spiro atoms. The van der Waals surface area contributed by atoms with Crippen molar-refractivity contribution in [3.8, 4) is 0 Å². The molecule has 0 aromatic carbocycles. The summed E-state index contributed by atoms with van der Waals surface area (Å²) in [4.78, 5) is 22.4. The number of nitrogens with two attached hydrogens (primary N) is 1. The van der Waals surface area contributed by atoms with Gasteiger partial charge in [-0.25, -0.2) is 13.6 Å². The first-order chi connectivity index (χ1) is 8.29. The van der Waals surface area contributed by atoms with Crippen LogP contribution in [0.5, 0.6) is 0 Å². The van der Waals surface area contributed by atoms with Crippen molar-refractivity contribution in [3.63, 3.8) is 0 Å². The van der Waals surface area contributed by atoms with E-state index >= 15 is 0 Å². The number of nitrogens with one attached hydrogen (secondary N) is 2.